The van der Waals surface area contributed by atoms with Crippen LogP contribution in [-0.2, 0) is 6.42 Å². The molecule has 0 radical (unpaired) electrons. The Bertz CT molecular complexity index is 1020. The lowest BCUT2D eigenvalue weighted by atomic mass is 10.3. The number of aromatic nitrogens is 2. The van der Waals surface area contributed by atoms with Crippen molar-refractivity contribution < 1.29 is 9.59 Å². The maximum atomic E-state index is 12.7. The van der Waals surface area contributed by atoms with Gasteiger partial charge in [-0.2, -0.15) is 0 Å². The quantitative estimate of drug-likeness (QED) is 0.677. The van der Waals surface area contributed by atoms with Crippen LogP contribution in [0.15, 0.2) is 41.2 Å². The van der Waals surface area contributed by atoms with Crippen LogP contribution in [0.2, 0.25) is 0 Å². The van der Waals surface area contributed by atoms with Crippen molar-refractivity contribution in [3.63, 3.8) is 0 Å². The van der Waals surface area contributed by atoms with Gasteiger partial charge in [-0.25, -0.2) is 14.3 Å². The number of carbonyl (C=O) groups excluding carboxylic acids is 2. The fourth-order valence-electron chi connectivity index (χ4n) is 2.65. The Morgan fingerprint density at radius 1 is 1.09 bits per heavy atom. The zero-order chi connectivity index (χ0) is 16.1. The van der Waals surface area contributed by atoms with Crippen LogP contribution in [0.4, 0.5) is 5.69 Å². The Kier molecular flexibility index (Phi) is 2.92. The number of rotatable bonds is 2. The minimum Gasteiger partial charge on any atom is -0.269 e. The van der Waals surface area contributed by atoms with E-state index >= 15 is 0 Å². The van der Waals surface area contributed by atoms with Crippen molar-refractivity contribution >= 4 is 33.8 Å². The second kappa shape index (κ2) is 4.85. The molecule has 2 aromatic heterocycles. The minimum atomic E-state index is -0.490. The molecule has 7 heteroatoms. The lowest BCUT2D eigenvalue weighted by Crippen LogP contribution is -2.31. The molecular weight excluding hydrogens is 314 g/mol. The summed E-state index contributed by atoms with van der Waals surface area (Å²) in [6.07, 6.45) is 0.617. The van der Waals surface area contributed by atoms with Crippen LogP contribution in [0.25, 0.3) is 4.96 Å². The number of thiazole rings is 1. The largest absolute Gasteiger partial charge is 0.284 e. The van der Waals surface area contributed by atoms with E-state index in [1.54, 1.807) is 30.3 Å². The minimum absolute atomic E-state index is 0.110. The van der Waals surface area contributed by atoms with Gasteiger partial charge in [-0.3, -0.25) is 14.4 Å². The van der Waals surface area contributed by atoms with Crippen molar-refractivity contribution in [1.82, 2.24) is 9.38 Å². The number of benzene rings is 1. The summed E-state index contributed by atoms with van der Waals surface area (Å²) in [5.74, 6) is -0.903. The molecule has 0 saturated heterocycles. The second-order valence-corrected chi connectivity index (χ2v) is 6.10. The molecular formula is C16H11N3O3S. The van der Waals surface area contributed by atoms with Crippen LogP contribution in [0.3, 0.4) is 0 Å². The molecule has 6 nitrogen and oxygen atoms in total. The first-order valence-corrected chi connectivity index (χ1v) is 7.92. The SMILES string of the molecule is CCc1cc(=O)n2c3c(sc2n1)C(=O)N(c1ccccc1)C3=O. The first-order valence-electron chi connectivity index (χ1n) is 7.11. The molecule has 3 aromatic rings. The highest BCUT2D eigenvalue weighted by Crippen LogP contribution is 2.32. The maximum absolute atomic E-state index is 12.7. The standard InChI is InChI=1S/C16H11N3O3S/c1-2-9-8-11(20)19-12-13(23-16(19)17-9)15(22)18(14(12)21)10-6-4-3-5-7-10/h3-8H,2H2,1H3. The van der Waals surface area contributed by atoms with Gasteiger partial charge in [-0.15, -0.1) is 0 Å². The predicted molar refractivity (Wildman–Crippen MR) is 86.3 cm³/mol. The van der Waals surface area contributed by atoms with E-state index in [-0.39, 0.29) is 16.1 Å². The van der Waals surface area contributed by atoms with Crippen molar-refractivity contribution in [2.24, 2.45) is 0 Å². The molecule has 0 aliphatic carbocycles. The highest BCUT2D eigenvalue weighted by Gasteiger charge is 2.41. The molecule has 2 amide bonds. The summed E-state index contributed by atoms with van der Waals surface area (Å²) in [6.45, 7) is 1.90. The van der Waals surface area contributed by atoms with Gasteiger partial charge >= 0.3 is 0 Å². The van der Waals surface area contributed by atoms with Crippen LogP contribution in [0.1, 0.15) is 32.8 Å². The Labute approximate surface area is 134 Å². The molecule has 0 spiro atoms. The second-order valence-electron chi connectivity index (χ2n) is 5.12. The van der Waals surface area contributed by atoms with Crippen LogP contribution >= 0.6 is 11.3 Å². The fourth-order valence-corrected chi connectivity index (χ4v) is 3.72. The molecule has 0 atom stereocenters. The van der Waals surface area contributed by atoms with Gasteiger partial charge in [0.05, 0.1) is 5.69 Å². The van der Waals surface area contributed by atoms with Crippen molar-refractivity contribution in [3.8, 4) is 0 Å². The highest BCUT2D eigenvalue weighted by molar-refractivity contribution is 7.19. The van der Waals surface area contributed by atoms with Crippen LogP contribution < -0.4 is 10.5 Å². The zero-order valence-corrected chi connectivity index (χ0v) is 13.0. The van der Waals surface area contributed by atoms with Crippen molar-refractivity contribution in [3.05, 3.63) is 63.0 Å². The summed E-state index contributed by atoms with van der Waals surface area (Å²) in [4.78, 5) is 43.7. The molecule has 0 bridgehead atoms. The van der Waals surface area contributed by atoms with E-state index < -0.39 is 11.8 Å². The number of imide groups is 1. The van der Waals surface area contributed by atoms with Crippen molar-refractivity contribution in [1.29, 1.82) is 0 Å². The van der Waals surface area contributed by atoms with Gasteiger partial charge in [0.1, 0.15) is 10.6 Å². The van der Waals surface area contributed by atoms with Gasteiger partial charge in [0.15, 0.2) is 4.96 Å². The van der Waals surface area contributed by atoms with Gasteiger partial charge in [0, 0.05) is 11.8 Å². The number of amides is 2. The lowest BCUT2D eigenvalue weighted by molar-refractivity contribution is 0.0925. The third-order valence-corrected chi connectivity index (χ3v) is 4.78. The lowest BCUT2D eigenvalue weighted by Gasteiger charge is -2.13. The summed E-state index contributed by atoms with van der Waals surface area (Å²) in [6, 6.07) is 10.1. The van der Waals surface area contributed by atoms with E-state index in [4.69, 9.17) is 0 Å². The number of aryl methyl sites for hydroxylation is 1. The van der Waals surface area contributed by atoms with Gasteiger partial charge in [-0.1, -0.05) is 36.5 Å². The third kappa shape index (κ3) is 1.86. The smallest absolute Gasteiger partial charge is 0.269 e. The van der Waals surface area contributed by atoms with Crippen molar-refractivity contribution in [2.75, 3.05) is 4.90 Å². The van der Waals surface area contributed by atoms with E-state index in [2.05, 4.69) is 4.98 Å². The van der Waals surface area contributed by atoms with E-state index in [1.165, 1.54) is 10.5 Å². The molecule has 4 rings (SSSR count). The molecule has 1 aliphatic rings. The molecule has 0 fully saturated rings. The molecule has 114 valence electrons. The maximum Gasteiger partial charge on any atom is 0.284 e. The first kappa shape index (κ1) is 13.8. The summed E-state index contributed by atoms with van der Waals surface area (Å²) in [5.41, 5.74) is 0.916. The predicted octanol–water partition coefficient (Wildman–Crippen LogP) is 2.12. The first-order chi connectivity index (χ1) is 11.1. The van der Waals surface area contributed by atoms with Gasteiger partial charge in [-0.05, 0) is 18.6 Å². The number of nitrogens with zero attached hydrogens (tertiary/aromatic N) is 3. The third-order valence-electron chi connectivity index (χ3n) is 3.75. The molecule has 1 aliphatic heterocycles. The van der Waals surface area contributed by atoms with Gasteiger partial charge in [0.2, 0.25) is 0 Å². The van der Waals surface area contributed by atoms with E-state index in [0.717, 1.165) is 16.2 Å². The molecule has 0 saturated carbocycles. The van der Waals surface area contributed by atoms with Gasteiger partial charge in [0.25, 0.3) is 17.4 Å². The summed E-state index contributed by atoms with van der Waals surface area (Å²) in [7, 11) is 0. The topological polar surface area (TPSA) is 71.8 Å². The summed E-state index contributed by atoms with van der Waals surface area (Å²) < 4.78 is 1.24. The number of hydrogen-bond acceptors (Lipinski definition) is 5. The Balaban J connectivity index is 1.95. The van der Waals surface area contributed by atoms with Crippen LogP contribution in [0, 0.1) is 0 Å². The number of anilines is 1. The summed E-state index contributed by atoms with van der Waals surface area (Å²) >= 11 is 1.08. The Morgan fingerprint density at radius 2 is 1.83 bits per heavy atom. The average molecular weight is 325 g/mol. The normalized spacial score (nSPS) is 13.9. The molecule has 1 aromatic carbocycles. The molecule has 0 unspecified atom stereocenters. The number of para-hydroxylation sites is 1. The Morgan fingerprint density at radius 3 is 2.52 bits per heavy atom. The molecule has 0 N–H and O–H groups in total. The van der Waals surface area contributed by atoms with Crippen molar-refractivity contribution in [2.45, 2.75) is 13.3 Å². The number of fused-ring (bicyclic) bond motifs is 3. The molecule has 3 heterocycles. The summed E-state index contributed by atoms with van der Waals surface area (Å²) in [5, 5.41) is 0. The van der Waals surface area contributed by atoms with Crippen LogP contribution in [-0.4, -0.2) is 21.2 Å². The van der Waals surface area contributed by atoms with E-state index in [9.17, 15) is 14.4 Å². The fraction of sp³-hybridized carbons (Fsp3) is 0.125. The average Bonchev–Trinajstić information content (AvgIpc) is 3.05. The molecule has 23 heavy (non-hydrogen) atoms. The van der Waals surface area contributed by atoms with Crippen LogP contribution in [0.5, 0.6) is 0 Å². The van der Waals surface area contributed by atoms with Gasteiger partial charge < -0.3 is 0 Å². The zero-order valence-electron chi connectivity index (χ0n) is 12.1. The van der Waals surface area contributed by atoms with E-state index in [0.29, 0.717) is 22.8 Å². The monoisotopic (exact) mass is 325 g/mol. The highest BCUT2D eigenvalue weighted by atomic mass is 32.1. The number of hydrogen-bond donors (Lipinski definition) is 0. The Hall–Kier alpha value is -2.80. The number of carbonyl (C=O) groups is 2. The van der Waals surface area contributed by atoms with E-state index in [1.807, 2.05) is 6.92 Å².